The molecule has 2 amide bonds. The zero-order chi connectivity index (χ0) is 13.2. The number of hydrogen-bond acceptors (Lipinski definition) is 5. The highest BCUT2D eigenvalue weighted by molar-refractivity contribution is 7.09. The van der Waals surface area contributed by atoms with E-state index in [0.717, 1.165) is 24.4 Å². The number of hydrogen-bond donors (Lipinski definition) is 2. The van der Waals surface area contributed by atoms with E-state index in [0.29, 0.717) is 17.6 Å². The van der Waals surface area contributed by atoms with Crippen LogP contribution in [0.25, 0.3) is 0 Å². The van der Waals surface area contributed by atoms with Crippen LogP contribution < -0.4 is 5.32 Å². The molecule has 2 aromatic rings. The topological polar surface area (TPSA) is 86.8 Å². The Bertz CT molecular complexity index is 562. The molecule has 19 heavy (non-hydrogen) atoms. The molecule has 2 N–H and O–H groups in total. The first-order valence-electron chi connectivity index (χ1n) is 6.06. The molecule has 1 aliphatic carbocycles. The van der Waals surface area contributed by atoms with E-state index < -0.39 is 0 Å². The molecule has 3 rings (SSSR count). The van der Waals surface area contributed by atoms with Crippen LogP contribution in [-0.4, -0.2) is 37.5 Å². The Hall–Kier alpha value is -1.96. The van der Waals surface area contributed by atoms with Crippen LogP contribution in [0.15, 0.2) is 12.3 Å². The number of aromatic nitrogens is 4. The fourth-order valence-electron chi connectivity index (χ4n) is 1.68. The van der Waals surface area contributed by atoms with Crippen molar-refractivity contribution >= 4 is 22.7 Å². The fraction of sp³-hybridized carbons (Fsp3) is 0.455. The summed E-state index contributed by atoms with van der Waals surface area (Å²) < 4.78 is 4.25. The summed E-state index contributed by atoms with van der Waals surface area (Å²) in [5.74, 6) is 1.36. The van der Waals surface area contributed by atoms with Gasteiger partial charge in [-0.05, 0) is 18.9 Å². The minimum atomic E-state index is -0.201. The van der Waals surface area contributed by atoms with Crippen molar-refractivity contribution in [2.45, 2.75) is 25.3 Å². The van der Waals surface area contributed by atoms with Gasteiger partial charge >= 0.3 is 6.03 Å². The summed E-state index contributed by atoms with van der Waals surface area (Å²) in [6, 6.07) is 1.63. The van der Waals surface area contributed by atoms with Crippen LogP contribution in [0, 0.1) is 0 Å². The highest BCUT2D eigenvalue weighted by Gasteiger charge is 2.28. The number of nitrogens with zero attached hydrogens (tertiary/aromatic N) is 4. The van der Waals surface area contributed by atoms with E-state index in [1.165, 1.54) is 11.5 Å². The summed E-state index contributed by atoms with van der Waals surface area (Å²) in [7, 11) is 1.72. The van der Waals surface area contributed by atoms with Crippen LogP contribution in [0.3, 0.4) is 0 Å². The van der Waals surface area contributed by atoms with E-state index in [4.69, 9.17) is 0 Å². The predicted molar refractivity (Wildman–Crippen MR) is 71.0 cm³/mol. The van der Waals surface area contributed by atoms with Gasteiger partial charge in [0.25, 0.3) is 0 Å². The first-order valence-corrected chi connectivity index (χ1v) is 6.83. The minimum absolute atomic E-state index is 0.201. The lowest BCUT2D eigenvalue weighted by Crippen LogP contribution is -2.30. The van der Waals surface area contributed by atoms with Gasteiger partial charge in [-0.25, -0.2) is 9.78 Å². The van der Waals surface area contributed by atoms with Crippen molar-refractivity contribution < 1.29 is 4.79 Å². The average Bonchev–Trinajstić information content (AvgIpc) is 2.92. The van der Waals surface area contributed by atoms with Gasteiger partial charge in [-0.15, -0.1) is 0 Å². The van der Waals surface area contributed by atoms with Crippen molar-refractivity contribution in [2.24, 2.45) is 0 Å². The Morgan fingerprint density at radius 1 is 1.63 bits per heavy atom. The predicted octanol–water partition coefficient (Wildman–Crippen LogP) is 1.80. The Balaban J connectivity index is 1.57. The largest absolute Gasteiger partial charge is 0.323 e. The molecule has 2 heterocycles. The third-order valence-electron chi connectivity index (χ3n) is 2.91. The maximum Gasteiger partial charge on any atom is 0.323 e. The lowest BCUT2D eigenvalue weighted by molar-refractivity contribution is 0.220. The second-order valence-electron chi connectivity index (χ2n) is 4.60. The number of amides is 2. The third kappa shape index (κ3) is 2.90. The van der Waals surface area contributed by atoms with Crippen LogP contribution >= 0.6 is 11.5 Å². The monoisotopic (exact) mass is 278 g/mol. The molecule has 0 unspecified atom stereocenters. The molecular weight excluding hydrogens is 264 g/mol. The average molecular weight is 278 g/mol. The highest BCUT2D eigenvalue weighted by Crippen LogP contribution is 2.39. The van der Waals surface area contributed by atoms with Crippen molar-refractivity contribution in [3.63, 3.8) is 0 Å². The summed E-state index contributed by atoms with van der Waals surface area (Å²) in [4.78, 5) is 17.8. The quantitative estimate of drug-likeness (QED) is 0.892. The molecule has 1 aliphatic rings. The SMILES string of the molecule is CN(Cc1ccn[nH]1)C(=O)Nc1nc(C2CC2)ns1. The molecule has 0 aromatic carbocycles. The van der Waals surface area contributed by atoms with E-state index in [-0.39, 0.29) is 6.03 Å². The zero-order valence-corrected chi connectivity index (χ0v) is 11.3. The standard InChI is InChI=1S/C11H14N6OS/c1-17(6-8-4-5-12-15-8)11(18)14-10-13-9(16-19-10)7-2-3-7/h4-5,7H,2-3,6H2,1H3,(H,12,15)(H,13,14,16,18). The smallest absolute Gasteiger partial charge is 0.322 e. The fourth-order valence-corrected chi connectivity index (χ4v) is 2.32. The van der Waals surface area contributed by atoms with E-state index in [1.807, 2.05) is 6.07 Å². The molecule has 0 aliphatic heterocycles. The van der Waals surface area contributed by atoms with E-state index in [9.17, 15) is 4.79 Å². The molecule has 1 fully saturated rings. The first-order chi connectivity index (χ1) is 9.22. The summed E-state index contributed by atoms with van der Waals surface area (Å²) >= 11 is 1.23. The lowest BCUT2D eigenvalue weighted by atomic mass is 10.4. The molecule has 0 spiro atoms. The Kier molecular flexibility index (Phi) is 3.16. The summed E-state index contributed by atoms with van der Waals surface area (Å²) in [6.45, 7) is 0.472. The van der Waals surface area contributed by atoms with Gasteiger partial charge in [-0.3, -0.25) is 10.4 Å². The van der Waals surface area contributed by atoms with Gasteiger partial charge < -0.3 is 4.90 Å². The molecule has 7 nitrogen and oxygen atoms in total. The first kappa shape index (κ1) is 12.1. The second-order valence-corrected chi connectivity index (χ2v) is 5.35. The van der Waals surface area contributed by atoms with Crippen LogP contribution in [0.2, 0.25) is 0 Å². The van der Waals surface area contributed by atoms with Gasteiger partial charge in [-0.1, -0.05) is 0 Å². The van der Waals surface area contributed by atoms with Gasteiger partial charge in [0, 0.05) is 30.7 Å². The Morgan fingerprint density at radius 2 is 2.47 bits per heavy atom. The number of carbonyl (C=O) groups is 1. The molecular formula is C11H14N6OS. The number of aromatic amines is 1. The Labute approximate surface area is 114 Å². The number of nitrogens with one attached hydrogen (secondary N) is 2. The molecule has 0 radical (unpaired) electrons. The van der Waals surface area contributed by atoms with Crippen molar-refractivity contribution in [1.82, 2.24) is 24.5 Å². The molecule has 2 aromatic heterocycles. The lowest BCUT2D eigenvalue weighted by Gasteiger charge is -2.15. The van der Waals surface area contributed by atoms with Crippen LogP contribution in [0.1, 0.15) is 30.3 Å². The second kappa shape index (κ2) is 4.96. The van der Waals surface area contributed by atoms with Crippen LogP contribution in [0.4, 0.5) is 9.93 Å². The normalized spacial score (nSPS) is 14.4. The molecule has 0 bridgehead atoms. The van der Waals surface area contributed by atoms with Gasteiger partial charge in [0.2, 0.25) is 5.13 Å². The molecule has 1 saturated carbocycles. The number of H-pyrrole nitrogens is 1. The van der Waals surface area contributed by atoms with Crippen LogP contribution in [0.5, 0.6) is 0 Å². The van der Waals surface area contributed by atoms with Crippen molar-refractivity contribution in [3.8, 4) is 0 Å². The van der Waals surface area contributed by atoms with E-state index in [2.05, 4.69) is 24.9 Å². The number of rotatable bonds is 4. The maximum absolute atomic E-state index is 12.0. The molecule has 0 atom stereocenters. The molecule has 100 valence electrons. The molecule has 8 heteroatoms. The number of carbonyl (C=O) groups excluding carboxylic acids is 1. The van der Waals surface area contributed by atoms with Gasteiger partial charge in [0.05, 0.1) is 12.2 Å². The maximum atomic E-state index is 12.0. The molecule has 0 saturated heterocycles. The van der Waals surface area contributed by atoms with Crippen molar-refractivity contribution in [3.05, 3.63) is 23.8 Å². The van der Waals surface area contributed by atoms with Gasteiger partial charge in [0.15, 0.2) is 0 Å². The van der Waals surface area contributed by atoms with E-state index >= 15 is 0 Å². The Morgan fingerprint density at radius 3 is 3.16 bits per heavy atom. The van der Waals surface area contributed by atoms with E-state index in [1.54, 1.807) is 18.1 Å². The zero-order valence-electron chi connectivity index (χ0n) is 10.5. The summed E-state index contributed by atoms with van der Waals surface area (Å²) in [5, 5.41) is 9.98. The number of anilines is 1. The third-order valence-corrected chi connectivity index (χ3v) is 3.56. The van der Waals surface area contributed by atoms with Gasteiger partial charge in [0.1, 0.15) is 5.82 Å². The van der Waals surface area contributed by atoms with Crippen molar-refractivity contribution in [1.29, 1.82) is 0 Å². The van der Waals surface area contributed by atoms with Gasteiger partial charge in [-0.2, -0.15) is 9.47 Å². The summed E-state index contributed by atoms with van der Waals surface area (Å²) in [5.41, 5.74) is 0.883. The van der Waals surface area contributed by atoms with Crippen LogP contribution in [-0.2, 0) is 6.54 Å². The highest BCUT2D eigenvalue weighted by atomic mass is 32.1. The number of urea groups is 1. The minimum Gasteiger partial charge on any atom is -0.322 e. The summed E-state index contributed by atoms with van der Waals surface area (Å²) in [6.07, 6.45) is 3.97. The van der Waals surface area contributed by atoms with Crippen molar-refractivity contribution in [2.75, 3.05) is 12.4 Å².